The number of rotatable bonds is 4. The highest BCUT2D eigenvalue weighted by Crippen LogP contribution is 2.29. The molecule has 2 aromatic carbocycles. The number of nitrogens with one attached hydrogen (secondary N) is 2. The molecule has 22 heavy (non-hydrogen) atoms. The summed E-state index contributed by atoms with van der Waals surface area (Å²) < 4.78 is 5.93. The summed E-state index contributed by atoms with van der Waals surface area (Å²) in [5.41, 5.74) is 0.877. The summed E-state index contributed by atoms with van der Waals surface area (Å²) in [5.74, 6) is 1.58. The van der Waals surface area contributed by atoms with E-state index in [1.165, 1.54) is 25.7 Å². The molecule has 0 unspecified atom stereocenters. The van der Waals surface area contributed by atoms with E-state index in [2.05, 4.69) is 10.6 Å². The molecule has 0 aliphatic heterocycles. The van der Waals surface area contributed by atoms with Crippen LogP contribution in [0.3, 0.4) is 0 Å². The van der Waals surface area contributed by atoms with Crippen molar-refractivity contribution in [3.63, 3.8) is 0 Å². The zero-order valence-electron chi connectivity index (χ0n) is 12.4. The Labute approximate surface area is 136 Å². The summed E-state index contributed by atoms with van der Waals surface area (Å²) in [4.78, 5) is 0. The SMILES string of the molecule is S=C(Nc1ccccc1Oc1ccccc1)NC1CCCC1. The lowest BCUT2D eigenvalue weighted by Gasteiger charge is -2.17. The number of hydrogen-bond donors (Lipinski definition) is 2. The third-order valence-electron chi connectivity index (χ3n) is 3.80. The molecule has 0 amide bonds. The standard InChI is InChI=1S/C18H20N2OS/c22-18(19-14-8-4-5-9-14)20-16-12-6-7-13-17(16)21-15-10-2-1-3-11-15/h1-3,6-7,10-14H,4-5,8-9H2,(H2,19,20,22). The molecule has 3 rings (SSSR count). The molecule has 0 bridgehead atoms. The number of ether oxygens (including phenoxy) is 1. The molecule has 114 valence electrons. The first kappa shape index (κ1) is 14.9. The fourth-order valence-electron chi connectivity index (χ4n) is 2.69. The van der Waals surface area contributed by atoms with E-state index in [-0.39, 0.29) is 0 Å². The van der Waals surface area contributed by atoms with Crippen LogP contribution in [-0.2, 0) is 0 Å². The Kier molecular flexibility index (Phi) is 4.91. The minimum absolute atomic E-state index is 0.502. The quantitative estimate of drug-likeness (QED) is 0.801. The average molecular weight is 312 g/mol. The molecule has 2 N–H and O–H groups in total. The summed E-state index contributed by atoms with van der Waals surface area (Å²) >= 11 is 5.42. The van der Waals surface area contributed by atoms with Crippen molar-refractivity contribution in [2.45, 2.75) is 31.7 Å². The van der Waals surface area contributed by atoms with Gasteiger partial charge in [-0.05, 0) is 49.3 Å². The van der Waals surface area contributed by atoms with Crippen molar-refractivity contribution in [1.29, 1.82) is 0 Å². The second-order valence-corrected chi connectivity index (χ2v) is 5.90. The number of thiocarbonyl (C=S) groups is 1. The topological polar surface area (TPSA) is 33.3 Å². The summed E-state index contributed by atoms with van der Waals surface area (Å²) in [6.45, 7) is 0. The van der Waals surface area contributed by atoms with Gasteiger partial charge in [0, 0.05) is 6.04 Å². The van der Waals surface area contributed by atoms with E-state index < -0.39 is 0 Å². The van der Waals surface area contributed by atoms with E-state index in [9.17, 15) is 0 Å². The van der Waals surface area contributed by atoms with Crippen LogP contribution in [0.15, 0.2) is 54.6 Å². The Morgan fingerprint density at radius 2 is 1.64 bits per heavy atom. The number of hydrogen-bond acceptors (Lipinski definition) is 2. The largest absolute Gasteiger partial charge is 0.455 e. The van der Waals surface area contributed by atoms with Gasteiger partial charge in [0.15, 0.2) is 10.9 Å². The Morgan fingerprint density at radius 3 is 2.41 bits per heavy atom. The van der Waals surface area contributed by atoms with Gasteiger partial charge in [-0.15, -0.1) is 0 Å². The first-order chi connectivity index (χ1) is 10.8. The summed E-state index contributed by atoms with van der Waals surface area (Å²) in [6, 6.07) is 18.1. The number of benzene rings is 2. The molecule has 0 spiro atoms. The first-order valence-electron chi connectivity index (χ1n) is 7.71. The molecule has 0 radical (unpaired) electrons. The van der Waals surface area contributed by atoms with Crippen molar-refractivity contribution < 1.29 is 4.74 Å². The molecule has 0 heterocycles. The fraction of sp³-hybridized carbons (Fsp3) is 0.278. The molecule has 1 aliphatic carbocycles. The number of anilines is 1. The highest BCUT2D eigenvalue weighted by Gasteiger charge is 2.16. The van der Waals surface area contributed by atoms with Gasteiger partial charge in [-0.2, -0.15) is 0 Å². The van der Waals surface area contributed by atoms with Crippen LogP contribution in [0, 0.1) is 0 Å². The highest BCUT2D eigenvalue weighted by molar-refractivity contribution is 7.80. The van der Waals surface area contributed by atoms with Crippen molar-refractivity contribution in [1.82, 2.24) is 5.32 Å². The van der Waals surface area contributed by atoms with E-state index in [0.29, 0.717) is 11.2 Å². The third-order valence-corrected chi connectivity index (χ3v) is 4.02. The smallest absolute Gasteiger partial charge is 0.171 e. The molecule has 2 aromatic rings. The van der Waals surface area contributed by atoms with Gasteiger partial charge in [0.2, 0.25) is 0 Å². The van der Waals surface area contributed by atoms with Crippen molar-refractivity contribution >= 4 is 23.0 Å². The molecular weight excluding hydrogens is 292 g/mol. The van der Waals surface area contributed by atoms with Crippen LogP contribution < -0.4 is 15.4 Å². The van der Waals surface area contributed by atoms with Crippen molar-refractivity contribution in [3.05, 3.63) is 54.6 Å². The molecule has 0 saturated heterocycles. The van der Waals surface area contributed by atoms with Gasteiger partial charge in [-0.3, -0.25) is 0 Å². The summed E-state index contributed by atoms with van der Waals surface area (Å²) in [7, 11) is 0. The highest BCUT2D eigenvalue weighted by atomic mass is 32.1. The van der Waals surface area contributed by atoms with E-state index in [4.69, 9.17) is 17.0 Å². The lowest BCUT2D eigenvalue weighted by atomic mass is 10.2. The Bertz CT molecular complexity index is 624. The normalized spacial score (nSPS) is 14.5. The average Bonchev–Trinajstić information content (AvgIpc) is 3.03. The van der Waals surface area contributed by atoms with Crippen LogP contribution in [-0.4, -0.2) is 11.2 Å². The molecule has 1 saturated carbocycles. The number of para-hydroxylation sites is 3. The minimum atomic E-state index is 0.502. The zero-order valence-corrected chi connectivity index (χ0v) is 13.2. The van der Waals surface area contributed by atoms with Crippen molar-refractivity contribution in [2.24, 2.45) is 0 Å². The van der Waals surface area contributed by atoms with E-state index >= 15 is 0 Å². The van der Waals surface area contributed by atoms with Crippen LogP contribution in [0.5, 0.6) is 11.5 Å². The van der Waals surface area contributed by atoms with Gasteiger partial charge in [-0.1, -0.05) is 43.2 Å². The summed E-state index contributed by atoms with van der Waals surface area (Å²) in [5, 5.41) is 7.30. The van der Waals surface area contributed by atoms with Crippen LogP contribution in [0.2, 0.25) is 0 Å². The Hall–Kier alpha value is -2.07. The minimum Gasteiger partial charge on any atom is -0.455 e. The van der Waals surface area contributed by atoms with Crippen LogP contribution >= 0.6 is 12.2 Å². The molecule has 4 heteroatoms. The molecule has 0 atom stereocenters. The lowest BCUT2D eigenvalue weighted by molar-refractivity contribution is 0.485. The van der Waals surface area contributed by atoms with Gasteiger partial charge in [0.1, 0.15) is 5.75 Å². The van der Waals surface area contributed by atoms with Gasteiger partial charge in [0.25, 0.3) is 0 Å². The molecule has 1 fully saturated rings. The van der Waals surface area contributed by atoms with Gasteiger partial charge >= 0.3 is 0 Å². The van der Waals surface area contributed by atoms with E-state index in [0.717, 1.165) is 17.2 Å². The van der Waals surface area contributed by atoms with Gasteiger partial charge in [0.05, 0.1) is 5.69 Å². The Morgan fingerprint density at radius 1 is 0.955 bits per heavy atom. The maximum atomic E-state index is 5.93. The predicted molar refractivity (Wildman–Crippen MR) is 94.6 cm³/mol. The molecular formula is C18H20N2OS. The van der Waals surface area contributed by atoms with E-state index in [1.54, 1.807) is 0 Å². The third kappa shape index (κ3) is 3.98. The van der Waals surface area contributed by atoms with Gasteiger partial charge < -0.3 is 15.4 Å². The monoisotopic (exact) mass is 312 g/mol. The second kappa shape index (κ2) is 7.27. The van der Waals surface area contributed by atoms with Crippen molar-refractivity contribution in [2.75, 3.05) is 5.32 Å². The maximum Gasteiger partial charge on any atom is 0.171 e. The molecule has 1 aliphatic rings. The fourth-order valence-corrected chi connectivity index (χ4v) is 2.96. The van der Waals surface area contributed by atoms with E-state index in [1.807, 2.05) is 54.6 Å². The Balaban J connectivity index is 1.66. The van der Waals surface area contributed by atoms with Crippen molar-refractivity contribution in [3.8, 4) is 11.5 Å². The van der Waals surface area contributed by atoms with Gasteiger partial charge in [-0.25, -0.2) is 0 Å². The summed E-state index contributed by atoms with van der Waals surface area (Å²) in [6.07, 6.45) is 4.97. The maximum absolute atomic E-state index is 5.93. The lowest BCUT2D eigenvalue weighted by Crippen LogP contribution is -2.35. The molecule has 3 nitrogen and oxygen atoms in total. The van der Waals surface area contributed by atoms with Crippen LogP contribution in [0.1, 0.15) is 25.7 Å². The first-order valence-corrected chi connectivity index (χ1v) is 8.11. The zero-order chi connectivity index (χ0) is 15.2. The molecule has 0 aromatic heterocycles. The van der Waals surface area contributed by atoms with Crippen LogP contribution in [0.25, 0.3) is 0 Å². The second-order valence-electron chi connectivity index (χ2n) is 5.49. The predicted octanol–water partition coefficient (Wildman–Crippen LogP) is 4.71. The van der Waals surface area contributed by atoms with Crippen LogP contribution in [0.4, 0.5) is 5.69 Å².